The molecule has 0 spiro atoms. The second-order valence-electron chi connectivity index (χ2n) is 9.73. The Hall–Kier alpha value is -1.40. The molecule has 3 unspecified atom stereocenters. The summed E-state index contributed by atoms with van der Waals surface area (Å²) in [6, 6.07) is 4.09. The number of carbonyl (C=O) groups excluding carboxylic acids is 1. The van der Waals surface area contributed by atoms with E-state index in [-0.39, 0.29) is 5.41 Å². The lowest BCUT2D eigenvalue weighted by atomic mass is 9.54. The predicted octanol–water partition coefficient (Wildman–Crippen LogP) is 4.28. The Morgan fingerprint density at radius 1 is 1.24 bits per heavy atom. The number of hydrogen-bond acceptors (Lipinski definition) is 4. The zero-order valence-electron chi connectivity index (χ0n) is 17.7. The van der Waals surface area contributed by atoms with E-state index in [9.17, 15) is 13.2 Å². The van der Waals surface area contributed by atoms with E-state index in [0.717, 1.165) is 31.2 Å². The number of benzene rings is 1. The van der Waals surface area contributed by atoms with Gasteiger partial charge in [0.25, 0.3) is 0 Å². The Kier molecular flexibility index (Phi) is 5.31. The molecule has 2 saturated carbocycles. The van der Waals surface area contributed by atoms with Crippen molar-refractivity contribution in [2.75, 3.05) is 0 Å². The lowest BCUT2D eigenvalue weighted by molar-refractivity contribution is -0.119. The summed E-state index contributed by atoms with van der Waals surface area (Å²) in [5.41, 5.74) is 3.79. The standard InChI is InChI=1S/C23H33NO4S/c1-4-15-12-20-16(13-22(15)28-29(24,26)27)5-7-19-18(20)9-10-23(3)17(11-14(2)25)6-8-21(19)23/h12-13,17-19,21H,4-11H2,1-3H3,(H2,24,26,27)/t17-,18?,19?,21?,23-/m1/s1. The highest BCUT2D eigenvalue weighted by molar-refractivity contribution is 7.84. The van der Waals surface area contributed by atoms with Crippen LogP contribution in [0, 0.1) is 23.2 Å². The van der Waals surface area contributed by atoms with Crippen LogP contribution in [0.1, 0.15) is 81.9 Å². The van der Waals surface area contributed by atoms with Crippen molar-refractivity contribution in [1.82, 2.24) is 0 Å². The van der Waals surface area contributed by atoms with Crippen LogP contribution >= 0.6 is 0 Å². The van der Waals surface area contributed by atoms with E-state index in [4.69, 9.17) is 9.32 Å². The highest BCUT2D eigenvalue weighted by Gasteiger charge is 2.54. The van der Waals surface area contributed by atoms with E-state index < -0.39 is 10.3 Å². The summed E-state index contributed by atoms with van der Waals surface area (Å²) >= 11 is 0. The monoisotopic (exact) mass is 419 g/mol. The largest absolute Gasteiger partial charge is 0.380 e. The van der Waals surface area contributed by atoms with Crippen molar-refractivity contribution < 1.29 is 17.4 Å². The highest BCUT2D eigenvalue weighted by atomic mass is 32.2. The lowest BCUT2D eigenvalue weighted by Gasteiger charge is -2.51. The molecule has 1 aromatic carbocycles. The van der Waals surface area contributed by atoms with Gasteiger partial charge in [-0.1, -0.05) is 19.9 Å². The van der Waals surface area contributed by atoms with E-state index in [2.05, 4.69) is 13.0 Å². The van der Waals surface area contributed by atoms with Crippen LogP contribution in [0.15, 0.2) is 12.1 Å². The van der Waals surface area contributed by atoms with Crippen LogP contribution in [-0.4, -0.2) is 14.2 Å². The maximum Gasteiger partial charge on any atom is 0.380 e. The first-order chi connectivity index (χ1) is 13.6. The van der Waals surface area contributed by atoms with E-state index in [1.54, 1.807) is 6.92 Å². The third-order valence-electron chi connectivity index (χ3n) is 8.22. The molecule has 0 aromatic heterocycles. The molecular weight excluding hydrogens is 386 g/mol. The van der Waals surface area contributed by atoms with E-state index in [0.29, 0.717) is 41.6 Å². The van der Waals surface area contributed by atoms with Crippen LogP contribution in [0.4, 0.5) is 0 Å². The molecule has 6 heteroatoms. The van der Waals surface area contributed by atoms with Gasteiger partial charge < -0.3 is 8.98 Å². The summed E-state index contributed by atoms with van der Waals surface area (Å²) in [7, 11) is -4.02. The van der Waals surface area contributed by atoms with Crippen LogP contribution in [0.5, 0.6) is 5.75 Å². The van der Waals surface area contributed by atoms with Gasteiger partial charge in [0, 0.05) is 6.42 Å². The Labute approximate surface area is 174 Å². The summed E-state index contributed by atoms with van der Waals surface area (Å²) in [5, 5.41) is 5.12. The predicted molar refractivity (Wildman–Crippen MR) is 113 cm³/mol. The Morgan fingerprint density at radius 2 is 2.00 bits per heavy atom. The molecule has 0 amide bonds. The zero-order valence-corrected chi connectivity index (χ0v) is 18.6. The zero-order chi connectivity index (χ0) is 21.0. The molecule has 3 aliphatic rings. The second-order valence-corrected chi connectivity index (χ2v) is 10.9. The number of aryl methyl sites for hydroxylation is 2. The molecule has 5 nitrogen and oxygen atoms in total. The number of Topliss-reactive ketones (excluding diaryl/α,β-unsaturated/α-hetero) is 1. The maximum atomic E-state index is 11.8. The van der Waals surface area contributed by atoms with Gasteiger partial charge in [-0.15, -0.1) is 0 Å². The molecule has 29 heavy (non-hydrogen) atoms. The molecule has 3 aliphatic carbocycles. The normalized spacial score (nSPS) is 33.5. The van der Waals surface area contributed by atoms with Gasteiger partial charge >= 0.3 is 10.3 Å². The van der Waals surface area contributed by atoms with Gasteiger partial charge in [-0.05, 0) is 104 Å². The van der Waals surface area contributed by atoms with Gasteiger partial charge in [0.05, 0.1) is 0 Å². The molecule has 1 aromatic rings. The minimum atomic E-state index is -4.02. The van der Waals surface area contributed by atoms with Crippen molar-refractivity contribution in [1.29, 1.82) is 0 Å². The minimum Gasteiger partial charge on any atom is -0.371 e. The number of rotatable bonds is 5. The highest BCUT2D eigenvalue weighted by Crippen LogP contribution is 2.63. The molecule has 2 fully saturated rings. The number of carbonyl (C=O) groups is 1. The average Bonchev–Trinajstić information content (AvgIpc) is 2.95. The summed E-state index contributed by atoms with van der Waals surface area (Å²) in [4.78, 5) is 11.8. The number of nitrogens with two attached hydrogens (primary N) is 1. The van der Waals surface area contributed by atoms with Crippen molar-refractivity contribution in [2.24, 2.45) is 28.3 Å². The molecule has 0 bridgehead atoms. The Bertz CT molecular complexity index is 925. The van der Waals surface area contributed by atoms with Crippen molar-refractivity contribution in [3.05, 3.63) is 28.8 Å². The summed E-state index contributed by atoms with van der Waals surface area (Å²) in [6.07, 6.45) is 8.25. The Morgan fingerprint density at radius 3 is 2.66 bits per heavy atom. The average molecular weight is 420 g/mol. The first-order valence-corrected chi connectivity index (χ1v) is 12.5. The molecule has 0 radical (unpaired) electrons. The first kappa shape index (κ1) is 20.9. The van der Waals surface area contributed by atoms with Crippen LogP contribution in [0.25, 0.3) is 0 Å². The van der Waals surface area contributed by atoms with E-state index in [1.807, 2.05) is 13.0 Å². The van der Waals surface area contributed by atoms with Crippen LogP contribution in [0.2, 0.25) is 0 Å². The minimum absolute atomic E-state index is 0.286. The van der Waals surface area contributed by atoms with Crippen molar-refractivity contribution >= 4 is 16.1 Å². The van der Waals surface area contributed by atoms with E-state index in [1.165, 1.54) is 30.4 Å². The third kappa shape index (κ3) is 3.74. The van der Waals surface area contributed by atoms with Crippen molar-refractivity contribution in [3.63, 3.8) is 0 Å². The third-order valence-corrected chi connectivity index (χ3v) is 8.63. The fraction of sp³-hybridized carbons (Fsp3) is 0.696. The molecule has 160 valence electrons. The van der Waals surface area contributed by atoms with Gasteiger partial charge in [0.1, 0.15) is 11.5 Å². The fourth-order valence-electron chi connectivity index (χ4n) is 6.92. The Balaban J connectivity index is 1.65. The summed E-state index contributed by atoms with van der Waals surface area (Å²) in [6.45, 7) is 6.18. The van der Waals surface area contributed by atoms with Crippen LogP contribution in [0.3, 0.4) is 0 Å². The van der Waals surface area contributed by atoms with Crippen molar-refractivity contribution in [3.8, 4) is 5.75 Å². The maximum absolute atomic E-state index is 11.8. The first-order valence-electron chi connectivity index (χ1n) is 11.0. The van der Waals surface area contributed by atoms with Gasteiger partial charge in [0.15, 0.2) is 0 Å². The second kappa shape index (κ2) is 7.38. The molecule has 4 rings (SSSR count). The summed E-state index contributed by atoms with van der Waals surface area (Å²) < 4.78 is 28.0. The lowest BCUT2D eigenvalue weighted by Crippen LogP contribution is -2.42. The van der Waals surface area contributed by atoms with Gasteiger partial charge in [-0.3, -0.25) is 0 Å². The van der Waals surface area contributed by atoms with Crippen molar-refractivity contribution in [2.45, 2.75) is 78.1 Å². The quantitative estimate of drug-likeness (QED) is 0.772. The van der Waals surface area contributed by atoms with Gasteiger partial charge in [0.2, 0.25) is 0 Å². The van der Waals surface area contributed by atoms with E-state index >= 15 is 0 Å². The van der Waals surface area contributed by atoms with Gasteiger partial charge in [-0.25, -0.2) is 0 Å². The van der Waals surface area contributed by atoms with Crippen LogP contribution in [-0.2, 0) is 27.9 Å². The fourth-order valence-corrected chi connectivity index (χ4v) is 7.32. The van der Waals surface area contributed by atoms with Gasteiger partial charge in [-0.2, -0.15) is 13.6 Å². The SMILES string of the molecule is CCc1cc2c(cc1OS(N)(=O)=O)CCC1C2CC[C@@]2(C)C1CC[C@@H]2CC(C)=O. The number of hydrogen-bond donors (Lipinski definition) is 1. The molecule has 2 N–H and O–H groups in total. The molecule has 5 atom stereocenters. The summed E-state index contributed by atoms with van der Waals surface area (Å²) in [5.74, 6) is 3.11. The number of ketones is 1. The molecule has 0 aliphatic heterocycles. The molecular formula is C23H33NO4S. The van der Waals surface area contributed by atoms with Crippen LogP contribution < -0.4 is 9.32 Å². The smallest absolute Gasteiger partial charge is 0.371 e. The molecule has 0 saturated heterocycles. The number of fused-ring (bicyclic) bond motifs is 5. The topological polar surface area (TPSA) is 86.5 Å². The molecule has 0 heterocycles.